The van der Waals surface area contributed by atoms with Crippen LogP contribution in [0, 0.1) is 0 Å². The van der Waals surface area contributed by atoms with Crippen molar-refractivity contribution in [3.63, 3.8) is 0 Å². The van der Waals surface area contributed by atoms with Gasteiger partial charge in [-0.15, -0.1) is 0 Å². The zero-order valence-electron chi connectivity index (χ0n) is 37.3. The number of allylic oxidation sites excluding steroid dienone is 2. The number of rotatable bonds is 46. The molecule has 0 aromatic heterocycles. The summed E-state index contributed by atoms with van der Waals surface area (Å²) < 4.78 is 0. The van der Waals surface area contributed by atoms with Gasteiger partial charge in [-0.25, -0.2) is 0 Å². The minimum absolute atomic E-state index is 0.142. The van der Waals surface area contributed by atoms with Crippen LogP contribution in [-0.4, -0.2) is 46.1 Å². The monoisotopic (exact) mass is 778 g/mol. The second-order valence-corrected chi connectivity index (χ2v) is 17.4. The van der Waals surface area contributed by atoms with E-state index in [9.17, 15) is 20.1 Å². The fraction of sp³-hybridized carbons (Fsp3) is 0.940. The summed E-state index contributed by atoms with van der Waals surface area (Å²) >= 11 is 0. The molecule has 1 amide bonds. The average molecular weight is 778 g/mol. The Bertz CT molecular complexity index is 773. The predicted molar refractivity (Wildman–Crippen MR) is 241 cm³/mol. The molecule has 0 heterocycles. The molecule has 0 aromatic carbocycles. The van der Waals surface area contributed by atoms with Crippen LogP contribution < -0.4 is 5.32 Å². The number of amides is 1. The fourth-order valence-corrected chi connectivity index (χ4v) is 7.98. The van der Waals surface area contributed by atoms with E-state index in [0.717, 1.165) is 38.5 Å². The Hall–Kier alpha value is -0.910. The highest BCUT2D eigenvalue weighted by Crippen LogP contribution is 2.17. The van der Waals surface area contributed by atoms with Crippen LogP contribution in [-0.2, 0) is 4.79 Å². The Morgan fingerprint density at radius 3 is 1.05 bits per heavy atom. The van der Waals surface area contributed by atoms with E-state index in [1.807, 2.05) is 0 Å². The van der Waals surface area contributed by atoms with Crippen molar-refractivity contribution < 1.29 is 20.1 Å². The molecule has 5 nitrogen and oxygen atoms in total. The number of carbonyl (C=O) groups is 1. The lowest BCUT2D eigenvalue weighted by Crippen LogP contribution is -2.50. The zero-order valence-corrected chi connectivity index (χ0v) is 37.3. The van der Waals surface area contributed by atoms with E-state index < -0.39 is 18.2 Å². The maximum absolute atomic E-state index is 12.4. The van der Waals surface area contributed by atoms with Gasteiger partial charge < -0.3 is 20.6 Å². The van der Waals surface area contributed by atoms with Crippen molar-refractivity contribution in [2.45, 2.75) is 295 Å². The van der Waals surface area contributed by atoms with Crippen molar-refractivity contribution in [1.29, 1.82) is 0 Å². The highest BCUT2D eigenvalue weighted by molar-refractivity contribution is 5.76. The van der Waals surface area contributed by atoms with Gasteiger partial charge in [-0.3, -0.25) is 4.79 Å². The first-order chi connectivity index (χ1) is 27.1. The van der Waals surface area contributed by atoms with Crippen LogP contribution >= 0.6 is 0 Å². The normalized spacial score (nSPS) is 13.5. The summed E-state index contributed by atoms with van der Waals surface area (Å²) in [6.07, 6.45) is 55.0. The Labute approximate surface area is 344 Å². The Kier molecular flexibility index (Phi) is 45.0. The van der Waals surface area contributed by atoms with E-state index >= 15 is 0 Å². The summed E-state index contributed by atoms with van der Waals surface area (Å²) in [6, 6.07) is -0.804. The molecule has 0 aromatic rings. The molecule has 0 bridgehead atoms. The van der Waals surface area contributed by atoms with Gasteiger partial charge >= 0.3 is 0 Å². The molecule has 4 N–H and O–H groups in total. The summed E-state index contributed by atoms with van der Waals surface area (Å²) in [5, 5.41) is 33.5. The highest BCUT2D eigenvalue weighted by Gasteiger charge is 2.26. The molecule has 3 atom stereocenters. The van der Waals surface area contributed by atoms with E-state index in [1.165, 1.54) is 212 Å². The Balaban J connectivity index is 3.46. The van der Waals surface area contributed by atoms with Crippen molar-refractivity contribution in [3.05, 3.63) is 12.2 Å². The number of aliphatic hydroxyl groups is 3. The second kappa shape index (κ2) is 45.8. The predicted octanol–water partition coefficient (Wildman–Crippen LogP) is 14.8. The topological polar surface area (TPSA) is 89.8 Å². The van der Waals surface area contributed by atoms with Crippen LogP contribution in [0.25, 0.3) is 0 Å². The van der Waals surface area contributed by atoms with E-state index in [1.54, 1.807) is 0 Å². The van der Waals surface area contributed by atoms with Gasteiger partial charge in [0.05, 0.1) is 18.8 Å². The molecule has 55 heavy (non-hydrogen) atoms. The van der Waals surface area contributed by atoms with Crippen LogP contribution in [0.1, 0.15) is 277 Å². The summed E-state index contributed by atoms with van der Waals surface area (Å²) in [7, 11) is 0. The third-order valence-corrected chi connectivity index (χ3v) is 11.9. The van der Waals surface area contributed by atoms with Gasteiger partial charge in [0.2, 0.25) is 5.91 Å². The molecular formula is C50H99NO4. The van der Waals surface area contributed by atoms with Gasteiger partial charge in [-0.2, -0.15) is 0 Å². The number of carbonyl (C=O) groups excluding carboxylic acids is 1. The molecule has 0 saturated heterocycles. The van der Waals surface area contributed by atoms with Gasteiger partial charge in [0.1, 0.15) is 6.10 Å². The van der Waals surface area contributed by atoms with Crippen LogP contribution in [0.3, 0.4) is 0 Å². The third kappa shape index (κ3) is 41.1. The summed E-state index contributed by atoms with van der Waals surface area (Å²) in [5.74, 6) is -0.142. The molecule has 0 aliphatic carbocycles. The van der Waals surface area contributed by atoms with Gasteiger partial charge in [0.15, 0.2) is 0 Å². The van der Waals surface area contributed by atoms with Crippen molar-refractivity contribution >= 4 is 5.91 Å². The maximum Gasteiger partial charge on any atom is 0.220 e. The maximum atomic E-state index is 12.4. The molecule has 0 fully saturated rings. The number of nitrogens with one attached hydrogen (secondary N) is 1. The van der Waals surface area contributed by atoms with E-state index in [0.29, 0.717) is 12.8 Å². The molecule has 0 spiro atoms. The van der Waals surface area contributed by atoms with Crippen LogP contribution in [0.5, 0.6) is 0 Å². The lowest BCUT2D eigenvalue weighted by molar-refractivity contribution is -0.124. The smallest absolute Gasteiger partial charge is 0.220 e. The molecular weight excluding hydrogens is 679 g/mol. The molecule has 0 radical (unpaired) electrons. The average Bonchev–Trinajstić information content (AvgIpc) is 3.19. The number of hydrogen-bond donors (Lipinski definition) is 4. The van der Waals surface area contributed by atoms with Crippen LogP contribution in [0.15, 0.2) is 12.2 Å². The molecule has 0 aliphatic rings. The highest BCUT2D eigenvalue weighted by atomic mass is 16.3. The lowest BCUT2D eigenvalue weighted by atomic mass is 9.99. The molecule has 328 valence electrons. The van der Waals surface area contributed by atoms with Crippen molar-refractivity contribution in [1.82, 2.24) is 5.32 Å². The summed E-state index contributed by atoms with van der Waals surface area (Å²) in [4.78, 5) is 12.4. The first-order valence-electron chi connectivity index (χ1n) is 25.0. The molecule has 0 aliphatic heterocycles. The lowest BCUT2D eigenvalue weighted by Gasteiger charge is -2.26. The summed E-state index contributed by atoms with van der Waals surface area (Å²) in [5.41, 5.74) is 0. The zero-order chi connectivity index (χ0) is 40.1. The van der Waals surface area contributed by atoms with Crippen LogP contribution in [0.4, 0.5) is 0 Å². The van der Waals surface area contributed by atoms with Gasteiger partial charge in [0.25, 0.3) is 0 Å². The SMILES string of the molecule is CCCCCCCCCCCCCC/C=C\CCCCCCCCCCCCCCCCCC(=O)NC(CO)C(O)C(O)CCCCCCCCCCCC. The molecule has 0 rings (SSSR count). The Morgan fingerprint density at radius 1 is 0.436 bits per heavy atom. The van der Waals surface area contributed by atoms with Gasteiger partial charge in [0, 0.05) is 6.42 Å². The Morgan fingerprint density at radius 2 is 0.727 bits per heavy atom. The minimum atomic E-state index is -1.13. The van der Waals surface area contributed by atoms with Gasteiger partial charge in [-0.05, 0) is 38.5 Å². The molecule has 5 heteroatoms. The quantitative estimate of drug-likeness (QED) is 0.0366. The number of unbranched alkanes of at least 4 members (excludes halogenated alkanes) is 36. The first kappa shape index (κ1) is 54.1. The first-order valence-corrected chi connectivity index (χ1v) is 25.0. The van der Waals surface area contributed by atoms with E-state index in [-0.39, 0.29) is 12.5 Å². The summed E-state index contributed by atoms with van der Waals surface area (Å²) in [6.45, 7) is 4.18. The van der Waals surface area contributed by atoms with E-state index in [4.69, 9.17) is 0 Å². The van der Waals surface area contributed by atoms with Gasteiger partial charge in [-0.1, -0.05) is 244 Å². The molecule has 0 saturated carbocycles. The standard InChI is InChI=1S/C50H99NO4/c1-3-5-7-9-11-13-15-16-17-18-19-20-21-22-23-24-25-26-27-28-29-30-31-32-33-34-35-37-39-41-43-45-49(54)51-47(46-52)50(55)48(53)44-42-40-38-36-14-12-10-8-6-4-2/h22-23,47-48,50,52-53,55H,3-21,24-46H2,1-2H3,(H,51,54)/b23-22-. The third-order valence-electron chi connectivity index (χ3n) is 11.9. The number of hydrogen-bond acceptors (Lipinski definition) is 4. The minimum Gasteiger partial charge on any atom is -0.394 e. The van der Waals surface area contributed by atoms with Crippen molar-refractivity contribution in [3.8, 4) is 0 Å². The van der Waals surface area contributed by atoms with E-state index in [2.05, 4.69) is 31.3 Å². The van der Waals surface area contributed by atoms with Crippen LogP contribution in [0.2, 0.25) is 0 Å². The fourth-order valence-electron chi connectivity index (χ4n) is 7.98. The second-order valence-electron chi connectivity index (χ2n) is 17.4. The van der Waals surface area contributed by atoms with Crippen molar-refractivity contribution in [2.24, 2.45) is 0 Å². The largest absolute Gasteiger partial charge is 0.394 e. The molecule has 3 unspecified atom stereocenters. The number of aliphatic hydroxyl groups excluding tert-OH is 3. The van der Waals surface area contributed by atoms with Crippen molar-refractivity contribution in [2.75, 3.05) is 6.61 Å².